The highest BCUT2D eigenvalue weighted by atomic mass is 16.4. The first-order chi connectivity index (χ1) is 9.06. The Hall–Kier alpha value is -1.53. The molecule has 1 aromatic carbocycles. The Morgan fingerprint density at radius 2 is 1.89 bits per heavy atom. The smallest absolute Gasteiger partial charge is 0.423 e. The number of carbonyl (C=O) groups excluding carboxylic acids is 1. The number of nitrogens with two attached hydrogens (primary N) is 1. The number of rotatable bonds is 3. The lowest BCUT2D eigenvalue weighted by molar-refractivity contribution is 0.0928. The van der Waals surface area contributed by atoms with Crippen molar-refractivity contribution in [1.82, 2.24) is 5.32 Å². The molecule has 0 saturated heterocycles. The second-order valence-electron chi connectivity index (χ2n) is 5.07. The summed E-state index contributed by atoms with van der Waals surface area (Å²) < 4.78 is 0. The Labute approximate surface area is 113 Å². The molecule has 1 aliphatic rings. The Kier molecular flexibility index (Phi) is 4.45. The summed E-state index contributed by atoms with van der Waals surface area (Å²) in [5.74, 6) is -0.207. The average Bonchev–Trinajstić information content (AvgIpc) is 2.39. The second-order valence-corrected chi connectivity index (χ2v) is 5.07. The number of amides is 1. The molecule has 0 aliphatic heterocycles. The van der Waals surface area contributed by atoms with Crippen LogP contribution in [0.2, 0.25) is 0 Å². The lowest BCUT2D eigenvalue weighted by atomic mass is 9.79. The molecule has 102 valence electrons. The van der Waals surface area contributed by atoms with Gasteiger partial charge in [0, 0.05) is 17.3 Å². The minimum absolute atomic E-state index is 0.207. The van der Waals surface area contributed by atoms with Crippen molar-refractivity contribution in [2.45, 2.75) is 38.1 Å². The number of hydrogen-bond donors (Lipinski definition) is 4. The third kappa shape index (κ3) is 3.72. The van der Waals surface area contributed by atoms with E-state index in [-0.39, 0.29) is 17.4 Å². The molecular weight excluding hydrogens is 243 g/mol. The van der Waals surface area contributed by atoms with Crippen LogP contribution in [0.4, 0.5) is 5.69 Å². The first-order valence-corrected chi connectivity index (χ1v) is 6.64. The molecule has 0 unspecified atom stereocenters. The summed E-state index contributed by atoms with van der Waals surface area (Å²) in [6, 6.07) is 4.66. The van der Waals surface area contributed by atoms with Crippen LogP contribution in [0, 0.1) is 0 Å². The van der Waals surface area contributed by atoms with Gasteiger partial charge in [0.1, 0.15) is 0 Å². The van der Waals surface area contributed by atoms with Crippen molar-refractivity contribution in [3.63, 3.8) is 0 Å². The monoisotopic (exact) mass is 262 g/mol. The molecule has 0 spiro atoms. The molecule has 5 nitrogen and oxygen atoms in total. The summed E-state index contributed by atoms with van der Waals surface area (Å²) >= 11 is 0. The fraction of sp³-hybridized carbons (Fsp3) is 0.462. The predicted molar refractivity (Wildman–Crippen MR) is 75.0 cm³/mol. The maximum atomic E-state index is 12.1. The van der Waals surface area contributed by atoms with Gasteiger partial charge >= 0.3 is 7.12 Å². The van der Waals surface area contributed by atoms with Gasteiger partial charge in [-0.05, 0) is 36.5 Å². The van der Waals surface area contributed by atoms with Gasteiger partial charge in [0.25, 0.3) is 5.91 Å². The van der Waals surface area contributed by atoms with Crippen LogP contribution in [-0.4, -0.2) is 29.1 Å². The van der Waals surface area contributed by atoms with E-state index in [0.29, 0.717) is 11.3 Å². The van der Waals surface area contributed by atoms with Crippen LogP contribution >= 0.6 is 0 Å². The molecule has 1 fully saturated rings. The number of hydrogen-bond acceptors (Lipinski definition) is 4. The standard InChI is InChI=1S/C13H19BN2O3/c15-11-7-9(6-10(8-11)14(18)19)13(17)16-12-4-2-1-3-5-12/h6-8,12,18-19H,1-5,15H2,(H,16,17). The van der Waals surface area contributed by atoms with Gasteiger partial charge in [0.2, 0.25) is 0 Å². The molecule has 0 radical (unpaired) electrons. The summed E-state index contributed by atoms with van der Waals surface area (Å²) in [6.07, 6.45) is 5.52. The Balaban J connectivity index is 2.09. The average molecular weight is 262 g/mol. The van der Waals surface area contributed by atoms with E-state index in [4.69, 9.17) is 15.8 Å². The first-order valence-electron chi connectivity index (χ1n) is 6.64. The molecule has 19 heavy (non-hydrogen) atoms. The van der Waals surface area contributed by atoms with Crippen molar-refractivity contribution in [2.75, 3.05) is 5.73 Å². The number of carbonyl (C=O) groups is 1. The Bertz CT molecular complexity index is 459. The number of nitrogen functional groups attached to an aromatic ring is 1. The lowest BCUT2D eigenvalue weighted by Gasteiger charge is -2.23. The van der Waals surface area contributed by atoms with Crippen molar-refractivity contribution in [3.05, 3.63) is 23.8 Å². The van der Waals surface area contributed by atoms with E-state index in [1.54, 1.807) is 6.07 Å². The van der Waals surface area contributed by atoms with Crippen molar-refractivity contribution in [1.29, 1.82) is 0 Å². The van der Waals surface area contributed by atoms with E-state index >= 15 is 0 Å². The summed E-state index contributed by atoms with van der Waals surface area (Å²) in [5.41, 5.74) is 6.61. The molecule has 0 heterocycles. The molecule has 6 heteroatoms. The molecule has 0 aromatic heterocycles. The largest absolute Gasteiger partial charge is 0.488 e. The Morgan fingerprint density at radius 3 is 2.53 bits per heavy atom. The predicted octanol–water partition coefficient (Wildman–Crippen LogP) is 0.0111. The van der Waals surface area contributed by atoms with E-state index in [0.717, 1.165) is 25.7 Å². The molecule has 0 bridgehead atoms. The Morgan fingerprint density at radius 1 is 1.21 bits per heavy atom. The highest BCUT2D eigenvalue weighted by Gasteiger charge is 2.19. The number of anilines is 1. The second kappa shape index (κ2) is 6.08. The van der Waals surface area contributed by atoms with Crippen LogP contribution < -0.4 is 16.5 Å². The SMILES string of the molecule is Nc1cc(B(O)O)cc(C(=O)NC2CCCCC2)c1. The zero-order valence-electron chi connectivity index (χ0n) is 10.8. The normalized spacial score (nSPS) is 16.1. The molecule has 1 aromatic rings. The van der Waals surface area contributed by atoms with Gasteiger partial charge in [0.15, 0.2) is 0 Å². The maximum Gasteiger partial charge on any atom is 0.488 e. The van der Waals surface area contributed by atoms with Gasteiger partial charge in [-0.25, -0.2) is 0 Å². The zero-order valence-corrected chi connectivity index (χ0v) is 10.8. The zero-order chi connectivity index (χ0) is 13.8. The third-order valence-corrected chi connectivity index (χ3v) is 3.48. The van der Waals surface area contributed by atoms with Gasteiger partial charge in [-0.1, -0.05) is 19.3 Å². The van der Waals surface area contributed by atoms with Crippen LogP contribution in [0.5, 0.6) is 0 Å². The van der Waals surface area contributed by atoms with Crippen LogP contribution in [0.3, 0.4) is 0 Å². The van der Waals surface area contributed by atoms with E-state index in [9.17, 15) is 4.79 Å². The molecule has 0 atom stereocenters. The van der Waals surface area contributed by atoms with Gasteiger partial charge < -0.3 is 21.1 Å². The molecule has 2 rings (SSSR count). The molecule has 1 amide bonds. The van der Waals surface area contributed by atoms with Gasteiger partial charge in [-0.15, -0.1) is 0 Å². The molecule has 1 aliphatic carbocycles. The van der Waals surface area contributed by atoms with E-state index in [2.05, 4.69) is 5.32 Å². The fourth-order valence-electron chi connectivity index (χ4n) is 2.47. The molecule has 5 N–H and O–H groups in total. The molecule has 1 saturated carbocycles. The van der Waals surface area contributed by atoms with Crippen LogP contribution in [0.15, 0.2) is 18.2 Å². The van der Waals surface area contributed by atoms with E-state index in [1.165, 1.54) is 18.6 Å². The summed E-state index contributed by atoms with van der Waals surface area (Å²) in [7, 11) is -1.62. The summed E-state index contributed by atoms with van der Waals surface area (Å²) in [5, 5.41) is 21.3. The highest BCUT2D eigenvalue weighted by molar-refractivity contribution is 6.58. The van der Waals surface area contributed by atoms with Crippen molar-refractivity contribution in [2.24, 2.45) is 0 Å². The summed E-state index contributed by atoms with van der Waals surface area (Å²) in [4.78, 5) is 12.1. The van der Waals surface area contributed by atoms with Crippen LogP contribution in [0.1, 0.15) is 42.5 Å². The van der Waals surface area contributed by atoms with E-state index in [1.807, 2.05) is 0 Å². The minimum atomic E-state index is -1.62. The van der Waals surface area contributed by atoms with Gasteiger partial charge in [-0.2, -0.15) is 0 Å². The first kappa shape index (κ1) is 13.9. The van der Waals surface area contributed by atoms with Gasteiger partial charge in [0.05, 0.1) is 0 Å². The van der Waals surface area contributed by atoms with Gasteiger partial charge in [-0.3, -0.25) is 4.79 Å². The summed E-state index contributed by atoms with van der Waals surface area (Å²) in [6.45, 7) is 0. The minimum Gasteiger partial charge on any atom is -0.423 e. The fourth-order valence-corrected chi connectivity index (χ4v) is 2.47. The van der Waals surface area contributed by atoms with Crippen LogP contribution in [0.25, 0.3) is 0 Å². The third-order valence-electron chi connectivity index (χ3n) is 3.48. The lowest BCUT2D eigenvalue weighted by Crippen LogP contribution is -2.37. The topological polar surface area (TPSA) is 95.6 Å². The maximum absolute atomic E-state index is 12.1. The van der Waals surface area contributed by atoms with Crippen molar-refractivity contribution in [3.8, 4) is 0 Å². The number of nitrogens with one attached hydrogen (secondary N) is 1. The van der Waals surface area contributed by atoms with Crippen LogP contribution in [-0.2, 0) is 0 Å². The molecular formula is C13H19BN2O3. The van der Waals surface area contributed by atoms with E-state index < -0.39 is 7.12 Å². The van der Waals surface area contributed by atoms with Crippen molar-refractivity contribution < 1.29 is 14.8 Å². The number of benzene rings is 1. The highest BCUT2D eigenvalue weighted by Crippen LogP contribution is 2.18. The quantitative estimate of drug-likeness (QED) is 0.456. The van der Waals surface area contributed by atoms with Crippen molar-refractivity contribution >= 4 is 24.2 Å².